The van der Waals surface area contributed by atoms with E-state index in [4.69, 9.17) is 10.5 Å². The zero-order chi connectivity index (χ0) is 23.4. The molecule has 3 N–H and O–H groups in total. The number of nitrogens with one attached hydrogen (secondary N) is 1. The van der Waals surface area contributed by atoms with Gasteiger partial charge in [0, 0.05) is 13.2 Å². The number of hydrogen-bond donors (Lipinski definition) is 2. The van der Waals surface area contributed by atoms with E-state index < -0.39 is 22.1 Å². The molecule has 0 radical (unpaired) electrons. The van der Waals surface area contributed by atoms with Crippen LogP contribution in [0.2, 0.25) is 0 Å². The highest BCUT2D eigenvalue weighted by atomic mass is 32.1. The Kier molecular flexibility index (Phi) is 6.85. The molecule has 0 aliphatic carbocycles. The number of thiophene rings is 1. The number of nitrogens with zero attached hydrogens (tertiary/aromatic N) is 3. The number of aromatic nitrogens is 2. The highest BCUT2D eigenvalue weighted by molar-refractivity contribution is 7.14. The van der Waals surface area contributed by atoms with Crippen molar-refractivity contribution in [3.63, 3.8) is 0 Å². The van der Waals surface area contributed by atoms with Gasteiger partial charge >= 0.3 is 5.69 Å². The number of hydrogen-bond acceptors (Lipinski definition) is 8. The molecule has 0 fully saturated rings. The Bertz CT molecular complexity index is 1260. The van der Waals surface area contributed by atoms with Gasteiger partial charge in [0.1, 0.15) is 5.82 Å². The van der Waals surface area contributed by atoms with E-state index >= 15 is 0 Å². The lowest BCUT2D eigenvalue weighted by Crippen LogP contribution is -2.41. The van der Waals surface area contributed by atoms with Crippen molar-refractivity contribution in [2.75, 3.05) is 24.4 Å². The summed E-state index contributed by atoms with van der Waals surface area (Å²) in [5.41, 5.74) is 4.88. The molecule has 12 heteroatoms. The van der Waals surface area contributed by atoms with Crippen LogP contribution < -0.4 is 21.9 Å². The fourth-order valence-corrected chi connectivity index (χ4v) is 4.09. The first-order valence-corrected chi connectivity index (χ1v) is 10.3. The molecule has 168 valence electrons. The van der Waals surface area contributed by atoms with E-state index in [0.29, 0.717) is 10.4 Å². The number of carbonyl (C=O) groups excluding carboxylic acids is 1. The van der Waals surface area contributed by atoms with E-state index in [9.17, 15) is 24.5 Å². The van der Waals surface area contributed by atoms with Gasteiger partial charge in [-0.1, -0.05) is 30.3 Å². The Hall–Kier alpha value is -3.77. The maximum absolute atomic E-state index is 13.4. The van der Waals surface area contributed by atoms with Crippen LogP contribution in [0.3, 0.4) is 0 Å². The molecule has 11 nitrogen and oxygen atoms in total. The summed E-state index contributed by atoms with van der Waals surface area (Å²) in [6.45, 7) is 1.70. The molecule has 0 bridgehead atoms. The third-order valence-corrected chi connectivity index (χ3v) is 5.76. The third kappa shape index (κ3) is 4.60. The largest absolute Gasteiger partial charge is 0.383 e. The predicted octanol–water partition coefficient (Wildman–Crippen LogP) is 1.89. The molecule has 3 rings (SSSR count). The summed E-state index contributed by atoms with van der Waals surface area (Å²) in [5, 5.41) is 11.2. The standard InChI is InChI=1S/C20H21N5O6S/c1-12-14(25(29)30)10-15(32-12)19(27)24(11-13-6-4-3-5-7-13)16-17(21)23(8-9-31-2)20(28)22-18(16)26/h3-7,10H,8-9,11,21H2,1-2H3,(H,22,26,28). The van der Waals surface area contributed by atoms with Crippen molar-refractivity contribution in [1.82, 2.24) is 9.55 Å². The van der Waals surface area contributed by atoms with Crippen molar-refractivity contribution in [2.45, 2.75) is 20.0 Å². The second-order valence-electron chi connectivity index (χ2n) is 6.82. The maximum Gasteiger partial charge on any atom is 0.330 e. The molecule has 2 heterocycles. The molecule has 0 unspecified atom stereocenters. The Labute approximate surface area is 185 Å². The summed E-state index contributed by atoms with van der Waals surface area (Å²) in [5.74, 6) is -0.855. The number of H-pyrrole nitrogens is 1. The fraction of sp³-hybridized carbons (Fsp3) is 0.250. The number of aryl methyl sites for hydroxylation is 1. The second-order valence-corrected chi connectivity index (χ2v) is 8.08. The summed E-state index contributed by atoms with van der Waals surface area (Å²) in [4.78, 5) is 52.9. The van der Waals surface area contributed by atoms with E-state index in [0.717, 1.165) is 20.8 Å². The number of rotatable bonds is 8. The molecule has 0 atom stereocenters. The van der Waals surface area contributed by atoms with Gasteiger partial charge in [-0.2, -0.15) is 0 Å². The van der Waals surface area contributed by atoms with Crippen LogP contribution in [0.5, 0.6) is 0 Å². The van der Waals surface area contributed by atoms with Crippen LogP contribution in [-0.2, 0) is 17.8 Å². The highest BCUT2D eigenvalue weighted by Gasteiger charge is 2.29. The van der Waals surface area contributed by atoms with Gasteiger partial charge in [0.15, 0.2) is 5.69 Å². The van der Waals surface area contributed by atoms with Crippen LogP contribution in [0.4, 0.5) is 17.2 Å². The minimum atomic E-state index is -0.840. The number of anilines is 2. The molecule has 0 spiro atoms. The lowest BCUT2D eigenvalue weighted by atomic mass is 10.2. The molecular formula is C20H21N5O6S. The molecule has 1 aromatic carbocycles. The average molecular weight is 459 g/mol. The number of nitro groups is 1. The minimum Gasteiger partial charge on any atom is -0.383 e. The Morgan fingerprint density at radius 3 is 2.59 bits per heavy atom. The van der Waals surface area contributed by atoms with Crippen molar-refractivity contribution in [3.05, 3.63) is 82.7 Å². The first-order chi connectivity index (χ1) is 15.2. The number of nitrogens with two attached hydrogens (primary N) is 1. The first-order valence-electron chi connectivity index (χ1n) is 9.46. The Morgan fingerprint density at radius 2 is 2.00 bits per heavy atom. The molecule has 32 heavy (non-hydrogen) atoms. The summed E-state index contributed by atoms with van der Waals surface area (Å²) < 4.78 is 6.09. The maximum atomic E-state index is 13.4. The van der Waals surface area contributed by atoms with Crippen LogP contribution in [0.25, 0.3) is 0 Å². The number of aromatic amines is 1. The van der Waals surface area contributed by atoms with Gasteiger partial charge in [0.2, 0.25) is 0 Å². The molecule has 3 aromatic rings. The average Bonchev–Trinajstić information content (AvgIpc) is 3.15. The van der Waals surface area contributed by atoms with Crippen LogP contribution in [0.15, 0.2) is 46.0 Å². The number of ether oxygens (including phenoxy) is 1. The highest BCUT2D eigenvalue weighted by Crippen LogP contribution is 2.31. The van der Waals surface area contributed by atoms with Crippen molar-refractivity contribution < 1.29 is 14.5 Å². The van der Waals surface area contributed by atoms with E-state index in [-0.39, 0.29) is 41.8 Å². The summed E-state index contributed by atoms with van der Waals surface area (Å²) in [6, 6.07) is 10.0. The molecule has 0 aliphatic rings. The van der Waals surface area contributed by atoms with Gasteiger partial charge in [-0.25, -0.2) is 4.79 Å². The lowest BCUT2D eigenvalue weighted by Gasteiger charge is -2.24. The fourth-order valence-electron chi connectivity index (χ4n) is 3.15. The summed E-state index contributed by atoms with van der Waals surface area (Å²) in [6.07, 6.45) is 0. The van der Waals surface area contributed by atoms with Crippen LogP contribution >= 0.6 is 11.3 Å². The Balaban J connectivity index is 2.17. The molecule has 0 aliphatic heterocycles. The second kappa shape index (κ2) is 9.58. The molecule has 0 saturated carbocycles. The monoisotopic (exact) mass is 459 g/mol. The smallest absolute Gasteiger partial charge is 0.330 e. The molecule has 0 saturated heterocycles. The molecular weight excluding hydrogens is 438 g/mol. The Morgan fingerprint density at radius 1 is 1.31 bits per heavy atom. The SMILES string of the molecule is COCCn1c(N)c(N(Cc2ccccc2)C(=O)c2cc([N+](=O)[O-])c(C)s2)c(=O)[nH]c1=O. The van der Waals surface area contributed by atoms with Crippen LogP contribution in [0.1, 0.15) is 20.1 Å². The number of amides is 1. The molecule has 2 aromatic heterocycles. The van der Waals surface area contributed by atoms with Crippen molar-refractivity contribution in [3.8, 4) is 0 Å². The summed E-state index contributed by atoms with van der Waals surface area (Å²) in [7, 11) is 1.45. The topological polar surface area (TPSA) is 154 Å². The van der Waals surface area contributed by atoms with Crippen molar-refractivity contribution in [2.24, 2.45) is 0 Å². The molecule has 1 amide bonds. The van der Waals surface area contributed by atoms with E-state index in [2.05, 4.69) is 4.98 Å². The van der Waals surface area contributed by atoms with E-state index in [1.165, 1.54) is 20.1 Å². The normalized spacial score (nSPS) is 10.8. The van der Waals surface area contributed by atoms with Gasteiger partial charge in [0.05, 0.1) is 34.4 Å². The number of nitrogen functional groups attached to an aromatic ring is 1. The predicted molar refractivity (Wildman–Crippen MR) is 120 cm³/mol. The number of benzene rings is 1. The van der Waals surface area contributed by atoms with Crippen LogP contribution in [-0.4, -0.2) is 34.1 Å². The number of methoxy groups -OCH3 is 1. The lowest BCUT2D eigenvalue weighted by molar-refractivity contribution is -0.385. The quantitative estimate of drug-likeness (QED) is 0.385. The van der Waals surface area contributed by atoms with Gasteiger partial charge in [0.25, 0.3) is 17.2 Å². The van der Waals surface area contributed by atoms with Crippen molar-refractivity contribution in [1.29, 1.82) is 0 Å². The van der Waals surface area contributed by atoms with Crippen LogP contribution in [0, 0.1) is 17.0 Å². The van der Waals surface area contributed by atoms with E-state index in [1.807, 2.05) is 0 Å². The van der Waals surface area contributed by atoms with E-state index in [1.54, 1.807) is 30.3 Å². The third-order valence-electron chi connectivity index (χ3n) is 4.73. The number of carbonyl (C=O) groups is 1. The van der Waals surface area contributed by atoms with Gasteiger partial charge in [-0.3, -0.25) is 34.2 Å². The van der Waals surface area contributed by atoms with Gasteiger partial charge < -0.3 is 10.5 Å². The van der Waals surface area contributed by atoms with Gasteiger partial charge in [-0.15, -0.1) is 11.3 Å². The first kappa shape index (κ1) is 22.9. The zero-order valence-electron chi connectivity index (χ0n) is 17.4. The minimum absolute atomic E-state index is 0.0415. The summed E-state index contributed by atoms with van der Waals surface area (Å²) >= 11 is 0.943. The zero-order valence-corrected chi connectivity index (χ0v) is 18.2. The van der Waals surface area contributed by atoms with Gasteiger partial charge in [-0.05, 0) is 12.5 Å². The van der Waals surface area contributed by atoms with Crippen molar-refractivity contribution >= 4 is 34.4 Å².